The van der Waals surface area contributed by atoms with Gasteiger partial charge in [-0.25, -0.2) is 0 Å². The quantitative estimate of drug-likeness (QED) is 0.484. The van der Waals surface area contributed by atoms with E-state index >= 15 is 0 Å². The molecule has 0 radical (unpaired) electrons. The minimum absolute atomic E-state index is 0.899. The lowest BCUT2D eigenvalue weighted by atomic mass is 10.1. The van der Waals surface area contributed by atoms with Crippen LogP contribution in [0.25, 0.3) is 0 Å². The number of hydrogen-bond donors (Lipinski definition) is 0. The summed E-state index contributed by atoms with van der Waals surface area (Å²) in [7, 11) is -0.899. The van der Waals surface area contributed by atoms with Gasteiger partial charge in [0.1, 0.15) is 0 Å². The molecule has 0 saturated carbocycles. The van der Waals surface area contributed by atoms with Crippen LogP contribution < -0.4 is 0 Å². The van der Waals surface area contributed by atoms with Gasteiger partial charge in [-0.05, 0) is 24.4 Å². The van der Waals surface area contributed by atoms with E-state index < -0.39 is 8.07 Å². The molecule has 0 nitrogen and oxygen atoms in total. The SMILES string of the molecule is C[Si](C)(C)C/C=C\C=C\CCc1ccccc1. The minimum Gasteiger partial charge on any atom is -0.0872 e. The summed E-state index contributed by atoms with van der Waals surface area (Å²) in [6, 6.07) is 11.9. The van der Waals surface area contributed by atoms with Crippen LogP contribution in [0.15, 0.2) is 54.6 Å². The van der Waals surface area contributed by atoms with Gasteiger partial charge in [0.05, 0.1) is 0 Å². The number of benzene rings is 1. The average molecular weight is 244 g/mol. The molecule has 0 spiro atoms. The highest BCUT2D eigenvalue weighted by atomic mass is 28.3. The lowest BCUT2D eigenvalue weighted by Crippen LogP contribution is -2.17. The van der Waals surface area contributed by atoms with Gasteiger partial charge in [-0.1, -0.05) is 74.3 Å². The van der Waals surface area contributed by atoms with E-state index in [2.05, 4.69) is 74.3 Å². The summed E-state index contributed by atoms with van der Waals surface area (Å²) in [6.45, 7) is 7.20. The van der Waals surface area contributed by atoms with Gasteiger partial charge in [0, 0.05) is 8.07 Å². The molecule has 0 aliphatic heterocycles. The third-order valence-corrected chi connectivity index (χ3v) is 4.02. The summed E-state index contributed by atoms with van der Waals surface area (Å²) >= 11 is 0. The summed E-state index contributed by atoms with van der Waals surface area (Å²) in [5.74, 6) is 0. The minimum atomic E-state index is -0.899. The van der Waals surface area contributed by atoms with E-state index in [-0.39, 0.29) is 0 Å². The molecule has 0 heterocycles. The maximum atomic E-state index is 2.40. The van der Waals surface area contributed by atoms with Gasteiger partial charge < -0.3 is 0 Å². The van der Waals surface area contributed by atoms with Crippen molar-refractivity contribution in [2.45, 2.75) is 38.5 Å². The second kappa shape index (κ2) is 7.28. The Morgan fingerprint density at radius 3 is 2.24 bits per heavy atom. The fourth-order valence-corrected chi connectivity index (χ4v) is 2.41. The second-order valence-electron chi connectivity index (χ2n) is 5.65. The molecule has 0 atom stereocenters. The largest absolute Gasteiger partial charge is 0.0872 e. The first-order valence-corrected chi connectivity index (χ1v) is 10.1. The topological polar surface area (TPSA) is 0 Å². The van der Waals surface area contributed by atoms with Gasteiger partial charge in [0.2, 0.25) is 0 Å². The second-order valence-corrected chi connectivity index (χ2v) is 11.2. The van der Waals surface area contributed by atoms with Crippen molar-refractivity contribution in [3.63, 3.8) is 0 Å². The number of allylic oxidation sites excluding steroid dienone is 4. The number of aryl methyl sites for hydroxylation is 1. The van der Waals surface area contributed by atoms with E-state index in [0.717, 1.165) is 12.8 Å². The Labute approximate surface area is 107 Å². The van der Waals surface area contributed by atoms with Crippen LogP contribution in [0.2, 0.25) is 25.7 Å². The van der Waals surface area contributed by atoms with Gasteiger partial charge in [0.25, 0.3) is 0 Å². The zero-order valence-electron chi connectivity index (χ0n) is 11.3. The summed E-state index contributed by atoms with van der Waals surface area (Å²) in [5.41, 5.74) is 1.42. The first-order valence-electron chi connectivity index (χ1n) is 6.43. The summed E-state index contributed by atoms with van der Waals surface area (Å²) in [4.78, 5) is 0. The Balaban J connectivity index is 2.19. The normalized spacial score (nSPS) is 12.6. The zero-order valence-corrected chi connectivity index (χ0v) is 12.3. The van der Waals surface area contributed by atoms with E-state index in [1.165, 1.54) is 11.6 Å². The molecule has 1 rings (SSSR count). The molecule has 0 unspecified atom stereocenters. The van der Waals surface area contributed by atoms with Gasteiger partial charge in [0.15, 0.2) is 0 Å². The van der Waals surface area contributed by atoms with Crippen LogP contribution in [0.1, 0.15) is 12.0 Å². The monoisotopic (exact) mass is 244 g/mol. The molecular weight excluding hydrogens is 220 g/mol. The van der Waals surface area contributed by atoms with Crippen LogP contribution in [-0.2, 0) is 6.42 Å². The maximum Gasteiger partial charge on any atom is 0.0480 e. The Hall–Kier alpha value is -1.08. The Bertz CT molecular complexity index is 355. The van der Waals surface area contributed by atoms with Crippen LogP contribution >= 0.6 is 0 Å². The molecule has 0 aliphatic carbocycles. The van der Waals surface area contributed by atoms with Crippen LogP contribution in [0.3, 0.4) is 0 Å². The summed E-state index contributed by atoms with van der Waals surface area (Å²) in [5, 5.41) is 0. The smallest absolute Gasteiger partial charge is 0.0480 e. The van der Waals surface area contributed by atoms with Crippen molar-refractivity contribution in [1.82, 2.24) is 0 Å². The van der Waals surface area contributed by atoms with Gasteiger partial charge >= 0.3 is 0 Å². The van der Waals surface area contributed by atoms with Crippen LogP contribution in [0.4, 0.5) is 0 Å². The van der Waals surface area contributed by atoms with E-state index in [0.29, 0.717) is 0 Å². The molecule has 92 valence electrons. The molecule has 0 fully saturated rings. The zero-order chi connectivity index (χ0) is 12.6. The third kappa shape index (κ3) is 7.75. The average Bonchev–Trinajstić information content (AvgIpc) is 2.28. The molecule has 1 heteroatoms. The van der Waals surface area contributed by atoms with Crippen molar-refractivity contribution < 1.29 is 0 Å². The summed E-state index contributed by atoms with van der Waals surface area (Å²) < 4.78 is 0. The Morgan fingerprint density at radius 1 is 0.941 bits per heavy atom. The predicted molar refractivity (Wildman–Crippen MR) is 81.2 cm³/mol. The molecule has 0 bridgehead atoms. The lowest BCUT2D eigenvalue weighted by molar-refractivity contribution is 1.00. The van der Waals surface area contributed by atoms with E-state index in [4.69, 9.17) is 0 Å². The fourth-order valence-electron chi connectivity index (χ4n) is 1.57. The lowest BCUT2D eigenvalue weighted by Gasteiger charge is -2.10. The van der Waals surface area contributed by atoms with Crippen molar-refractivity contribution in [2.75, 3.05) is 0 Å². The van der Waals surface area contributed by atoms with E-state index in [1.54, 1.807) is 0 Å². The summed E-state index contributed by atoms with van der Waals surface area (Å²) in [6.07, 6.45) is 11.2. The van der Waals surface area contributed by atoms with E-state index in [9.17, 15) is 0 Å². The van der Waals surface area contributed by atoms with Crippen molar-refractivity contribution in [1.29, 1.82) is 0 Å². The molecule has 17 heavy (non-hydrogen) atoms. The molecule has 0 amide bonds. The van der Waals surface area contributed by atoms with Crippen LogP contribution in [0, 0.1) is 0 Å². The fraction of sp³-hybridized carbons (Fsp3) is 0.375. The molecule has 0 aliphatic rings. The van der Waals surface area contributed by atoms with Crippen molar-refractivity contribution >= 4 is 8.07 Å². The number of hydrogen-bond acceptors (Lipinski definition) is 0. The molecular formula is C16H24Si. The number of rotatable bonds is 6. The van der Waals surface area contributed by atoms with Gasteiger partial charge in [-0.15, -0.1) is 0 Å². The Kier molecular flexibility index (Phi) is 5.99. The van der Waals surface area contributed by atoms with Crippen molar-refractivity contribution in [3.8, 4) is 0 Å². The van der Waals surface area contributed by atoms with Crippen LogP contribution in [0.5, 0.6) is 0 Å². The standard InChI is InChI=1S/C16H24Si/c1-17(2,3)15-11-6-4-5-8-12-16-13-9-7-10-14-16/h4-7,9-11,13-14H,8,12,15H2,1-3H3/b5-4+,11-6-. The molecule has 0 aromatic heterocycles. The molecule has 1 aromatic rings. The molecule has 0 saturated heterocycles. The highest BCUT2D eigenvalue weighted by Gasteiger charge is 2.08. The Morgan fingerprint density at radius 2 is 1.59 bits per heavy atom. The predicted octanol–water partition coefficient (Wildman–Crippen LogP) is 5.07. The molecule has 1 aromatic carbocycles. The highest BCUT2D eigenvalue weighted by molar-refractivity contribution is 6.76. The van der Waals surface area contributed by atoms with Gasteiger partial charge in [-0.3, -0.25) is 0 Å². The first-order chi connectivity index (χ1) is 8.08. The van der Waals surface area contributed by atoms with E-state index in [1.807, 2.05) is 0 Å². The third-order valence-electron chi connectivity index (χ3n) is 2.56. The first kappa shape index (κ1) is 14.0. The van der Waals surface area contributed by atoms with Crippen molar-refractivity contribution in [2.24, 2.45) is 0 Å². The molecule has 0 N–H and O–H groups in total. The maximum absolute atomic E-state index is 2.40. The van der Waals surface area contributed by atoms with Crippen LogP contribution in [-0.4, -0.2) is 8.07 Å². The highest BCUT2D eigenvalue weighted by Crippen LogP contribution is 2.08. The van der Waals surface area contributed by atoms with Gasteiger partial charge in [-0.2, -0.15) is 0 Å². The van der Waals surface area contributed by atoms with Crippen molar-refractivity contribution in [3.05, 3.63) is 60.2 Å².